The van der Waals surface area contributed by atoms with Gasteiger partial charge in [0.25, 0.3) is 5.91 Å². The second kappa shape index (κ2) is 9.73. The molecule has 0 radical (unpaired) electrons. The van der Waals surface area contributed by atoms with Gasteiger partial charge >= 0.3 is 6.18 Å². The van der Waals surface area contributed by atoms with E-state index in [4.69, 9.17) is 11.6 Å². The van der Waals surface area contributed by atoms with Gasteiger partial charge in [0.05, 0.1) is 35.3 Å². The van der Waals surface area contributed by atoms with E-state index in [1.807, 2.05) is 28.0 Å². The van der Waals surface area contributed by atoms with Gasteiger partial charge in [0.2, 0.25) is 11.8 Å². The lowest BCUT2D eigenvalue weighted by molar-refractivity contribution is -0.137. The van der Waals surface area contributed by atoms with Gasteiger partial charge in [-0.25, -0.2) is 4.90 Å². The van der Waals surface area contributed by atoms with Gasteiger partial charge in [-0.3, -0.25) is 24.2 Å². The monoisotopic (exact) mass is 494 g/mol. The molecular formula is C23H22ClF3N4O3. The minimum Gasteiger partial charge on any atom is -0.325 e. The van der Waals surface area contributed by atoms with Gasteiger partial charge in [-0.05, 0) is 30.3 Å². The summed E-state index contributed by atoms with van der Waals surface area (Å²) in [6.07, 6.45) is -4.82. The van der Waals surface area contributed by atoms with Crippen LogP contribution in [0.4, 0.5) is 24.5 Å². The van der Waals surface area contributed by atoms with Crippen LogP contribution in [0.1, 0.15) is 12.0 Å². The number of para-hydroxylation sites is 1. The Morgan fingerprint density at radius 3 is 2.35 bits per heavy atom. The summed E-state index contributed by atoms with van der Waals surface area (Å²) in [5, 5.41) is 2.32. The van der Waals surface area contributed by atoms with Gasteiger partial charge < -0.3 is 5.32 Å². The van der Waals surface area contributed by atoms with Crippen molar-refractivity contribution in [2.24, 2.45) is 0 Å². The van der Waals surface area contributed by atoms with E-state index in [1.54, 1.807) is 12.1 Å². The fraction of sp³-hybridized carbons (Fsp3) is 0.348. The zero-order valence-corrected chi connectivity index (χ0v) is 18.8. The lowest BCUT2D eigenvalue weighted by Gasteiger charge is -2.36. The third kappa shape index (κ3) is 5.24. The van der Waals surface area contributed by atoms with Crippen LogP contribution in [-0.2, 0) is 20.6 Å². The van der Waals surface area contributed by atoms with Crippen LogP contribution < -0.4 is 10.2 Å². The first-order chi connectivity index (χ1) is 16.1. The molecule has 3 amide bonds. The van der Waals surface area contributed by atoms with Crippen molar-refractivity contribution in [1.29, 1.82) is 0 Å². The molecule has 1 N–H and O–H groups in total. The minimum absolute atomic E-state index is 0.114. The minimum atomic E-state index is -4.71. The normalized spacial score (nSPS) is 20.1. The summed E-state index contributed by atoms with van der Waals surface area (Å²) < 4.78 is 39.6. The van der Waals surface area contributed by atoms with Crippen LogP contribution >= 0.6 is 11.6 Å². The van der Waals surface area contributed by atoms with E-state index in [9.17, 15) is 27.6 Å². The second-order valence-electron chi connectivity index (χ2n) is 8.18. The van der Waals surface area contributed by atoms with Crippen molar-refractivity contribution in [1.82, 2.24) is 9.80 Å². The molecule has 4 rings (SSSR count). The smallest absolute Gasteiger partial charge is 0.325 e. The van der Waals surface area contributed by atoms with Crippen molar-refractivity contribution in [3.8, 4) is 0 Å². The Balaban J connectivity index is 1.36. The lowest BCUT2D eigenvalue weighted by Crippen LogP contribution is -2.53. The number of halogens is 4. The van der Waals surface area contributed by atoms with Gasteiger partial charge in [-0.2, -0.15) is 13.2 Å². The molecule has 2 aromatic rings. The number of hydrogen-bond donors (Lipinski definition) is 1. The van der Waals surface area contributed by atoms with E-state index in [1.165, 1.54) is 6.07 Å². The Labute approximate surface area is 199 Å². The lowest BCUT2D eigenvalue weighted by atomic mass is 10.1. The van der Waals surface area contributed by atoms with Crippen molar-refractivity contribution < 1.29 is 27.6 Å². The Bertz CT molecular complexity index is 1090. The maximum absolute atomic E-state index is 13.2. The third-order valence-electron chi connectivity index (χ3n) is 5.91. The summed E-state index contributed by atoms with van der Waals surface area (Å²) in [5.41, 5.74) is -0.541. The summed E-state index contributed by atoms with van der Waals surface area (Å²) in [6, 6.07) is 11.3. The van der Waals surface area contributed by atoms with E-state index in [0.717, 1.165) is 17.0 Å². The van der Waals surface area contributed by atoms with Gasteiger partial charge in [0.15, 0.2) is 0 Å². The molecule has 2 aliphatic heterocycles. The summed E-state index contributed by atoms with van der Waals surface area (Å²) in [6.45, 7) is 2.12. The molecule has 0 aromatic heterocycles. The Kier molecular flexibility index (Phi) is 6.92. The molecule has 11 heteroatoms. The number of anilines is 2. The highest BCUT2D eigenvalue weighted by atomic mass is 35.5. The molecule has 2 fully saturated rings. The maximum Gasteiger partial charge on any atom is 0.417 e. The highest BCUT2D eigenvalue weighted by molar-refractivity contribution is 6.31. The molecule has 180 valence electrons. The maximum atomic E-state index is 13.2. The van der Waals surface area contributed by atoms with E-state index in [-0.39, 0.29) is 24.6 Å². The topological polar surface area (TPSA) is 73.0 Å². The van der Waals surface area contributed by atoms with Crippen LogP contribution in [0.5, 0.6) is 0 Å². The molecule has 0 spiro atoms. The van der Waals surface area contributed by atoms with E-state index in [0.29, 0.717) is 31.9 Å². The van der Waals surface area contributed by atoms with Crippen LogP contribution in [0.25, 0.3) is 0 Å². The molecule has 2 aliphatic rings. The molecular weight excluding hydrogens is 473 g/mol. The Hall–Kier alpha value is -2.95. The molecule has 0 saturated carbocycles. The van der Waals surface area contributed by atoms with Crippen molar-refractivity contribution in [2.45, 2.75) is 18.6 Å². The first-order valence-corrected chi connectivity index (χ1v) is 11.1. The number of alkyl halides is 3. The number of rotatable bonds is 5. The predicted octanol–water partition coefficient (Wildman–Crippen LogP) is 3.25. The number of piperazine rings is 1. The number of amides is 3. The molecule has 0 bridgehead atoms. The van der Waals surface area contributed by atoms with E-state index < -0.39 is 34.6 Å². The second-order valence-corrected chi connectivity index (χ2v) is 8.58. The standard InChI is InChI=1S/C23H22ClF3N4O3/c24-18-7-6-16(12-17(18)23(25,26)27)31-21(33)13-19(22(31)34)30-10-8-29(9-11-30)14-20(32)28-15-4-2-1-3-5-15/h1-7,12,19H,8-11,13-14H2,(H,28,32)/t19-/m0/s1. The highest BCUT2D eigenvalue weighted by Crippen LogP contribution is 2.38. The molecule has 0 unspecified atom stereocenters. The van der Waals surface area contributed by atoms with Crippen molar-refractivity contribution in [3.63, 3.8) is 0 Å². The Morgan fingerprint density at radius 1 is 1.03 bits per heavy atom. The van der Waals surface area contributed by atoms with Crippen molar-refractivity contribution in [2.75, 3.05) is 42.9 Å². The zero-order valence-electron chi connectivity index (χ0n) is 18.0. The number of nitrogens with one attached hydrogen (secondary N) is 1. The van der Waals surface area contributed by atoms with Crippen LogP contribution in [0.15, 0.2) is 48.5 Å². The summed E-state index contributed by atoms with van der Waals surface area (Å²) in [5.74, 6) is -1.27. The van der Waals surface area contributed by atoms with Crippen molar-refractivity contribution in [3.05, 3.63) is 59.1 Å². The molecule has 1 atom stereocenters. The molecule has 2 aromatic carbocycles. The first kappa shape index (κ1) is 24.2. The highest BCUT2D eigenvalue weighted by Gasteiger charge is 2.44. The summed E-state index contributed by atoms with van der Waals surface area (Å²) in [4.78, 5) is 42.4. The van der Waals surface area contributed by atoms with Crippen LogP contribution in [0, 0.1) is 0 Å². The fourth-order valence-corrected chi connectivity index (χ4v) is 4.42. The van der Waals surface area contributed by atoms with Gasteiger partial charge in [-0.1, -0.05) is 29.8 Å². The SMILES string of the molecule is O=C(CN1CCN([C@H]2CC(=O)N(c3ccc(Cl)c(C(F)(F)F)c3)C2=O)CC1)Nc1ccccc1. The summed E-state index contributed by atoms with van der Waals surface area (Å²) >= 11 is 5.66. The first-order valence-electron chi connectivity index (χ1n) is 10.7. The Morgan fingerprint density at radius 2 is 1.71 bits per heavy atom. The number of benzene rings is 2. The predicted molar refractivity (Wildman–Crippen MR) is 120 cm³/mol. The van der Waals surface area contributed by atoms with Crippen molar-refractivity contribution >= 4 is 40.7 Å². The van der Waals surface area contributed by atoms with Crippen LogP contribution in [0.2, 0.25) is 5.02 Å². The van der Waals surface area contributed by atoms with Gasteiger partial charge in [-0.15, -0.1) is 0 Å². The van der Waals surface area contributed by atoms with Crippen LogP contribution in [0.3, 0.4) is 0 Å². The number of imide groups is 1. The molecule has 2 saturated heterocycles. The number of carbonyl (C=O) groups excluding carboxylic acids is 3. The number of hydrogen-bond acceptors (Lipinski definition) is 5. The molecule has 34 heavy (non-hydrogen) atoms. The molecule has 2 heterocycles. The average molecular weight is 495 g/mol. The third-order valence-corrected chi connectivity index (χ3v) is 6.24. The quantitative estimate of drug-likeness (QED) is 0.646. The zero-order chi connectivity index (χ0) is 24.5. The van der Waals surface area contributed by atoms with Crippen LogP contribution in [-0.4, -0.2) is 66.3 Å². The summed E-state index contributed by atoms with van der Waals surface area (Å²) in [7, 11) is 0. The average Bonchev–Trinajstić information content (AvgIpc) is 3.08. The van der Waals surface area contributed by atoms with Gasteiger partial charge in [0, 0.05) is 31.9 Å². The van der Waals surface area contributed by atoms with E-state index >= 15 is 0 Å². The van der Waals surface area contributed by atoms with Gasteiger partial charge in [0.1, 0.15) is 0 Å². The number of nitrogens with zero attached hydrogens (tertiary/aromatic N) is 3. The van der Waals surface area contributed by atoms with E-state index in [2.05, 4.69) is 5.32 Å². The largest absolute Gasteiger partial charge is 0.417 e. The number of carbonyl (C=O) groups is 3. The fourth-order valence-electron chi connectivity index (χ4n) is 4.20. The molecule has 7 nitrogen and oxygen atoms in total. The molecule has 0 aliphatic carbocycles.